The van der Waals surface area contributed by atoms with Gasteiger partial charge in [0.1, 0.15) is 0 Å². The normalized spacial score (nSPS) is 22.3. The molecule has 0 aromatic carbocycles. The molecule has 6 heteroatoms. The Hall–Kier alpha value is 2.17. The van der Waals surface area contributed by atoms with Gasteiger partial charge in [-0.15, -0.1) is 0 Å². The first-order valence-electron chi connectivity index (χ1n) is 6.65. The van der Waals surface area contributed by atoms with E-state index in [2.05, 4.69) is 0 Å². The molecule has 2 rings (SSSR count). The molecule has 0 aromatic rings. The van der Waals surface area contributed by atoms with E-state index in [1.54, 1.807) is 0 Å². The molecule has 0 aromatic heterocycles. The zero-order valence-corrected chi connectivity index (χ0v) is 15.4. The largest absolute Gasteiger partial charge is 1.00 e. The Labute approximate surface area is 149 Å². The van der Waals surface area contributed by atoms with Crippen molar-refractivity contribution in [3.63, 3.8) is 0 Å². The van der Waals surface area contributed by atoms with E-state index in [0.717, 1.165) is 0 Å². The van der Waals surface area contributed by atoms with Crippen LogP contribution in [0.5, 0.6) is 0 Å². The third-order valence-corrected chi connectivity index (χ3v) is 11.0. The monoisotopic (exact) mass is 314 g/mol. The van der Waals surface area contributed by atoms with Crippen molar-refractivity contribution in [2.45, 2.75) is 75.5 Å². The smallest absolute Gasteiger partial charge is 1.00 e. The Bertz CT molecular complexity index is 234. The predicted molar refractivity (Wildman–Crippen MR) is 67.1 cm³/mol. The molecule has 0 radical (unpaired) electrons. The molecule has 2 aliphatic carbocycles. The van der Waals surface area contributed by atoms with E-state index in [9.17, 15) is 4.57 Å². The standard InChI is InChI=1S/C12H22OP.2ClH.Li.Mg/c13-14(11-7-3-1-4-8-11)12-9-5-2-6-10-12;;;;/h11-12H,1-10H2;2*1H;;/q+1;;;+1;/p-2. The van der Waals surface area contributed by atoms with Crippen LogP contribution in [0.4, 0.5) is 0 Å². The molecule has 0 N–H and O–H groups in total. The molecule has 0 heterocycles. The van der Waals surface area contributed by atoms with Gasteiger partial charge in [0.25, 0.3) is 0 Å². The number of halogens is 2. The average Bonchev–Trinajstić information content (AvgIpc) is 2.31. The van der Waals surface area contributed by atoms with Crippen LogP contribution in [0.25, 0.3) is 0 Å². The van der Waals surface area contributed by atoms with Crippen molar-refractivity contribution in [1.29, 1.82) is 0 Å². The first kappa shape index (κ1) is 22.5. The van der Waals surface area contributed by atoms with Gasteiger partial charge in [-0.05, 0) is 0 Å². The summed E-state index contributed by atoms with van der Waals surface area (Å²) in [7, 11) is 0. The van der Waals surface area contributed by atoms with Gasteiger partial charge >= 0.3 is 125 Å². The van der Waals surface area contributed by atoms with E-state index in [1.807, 2.05) is 21.2 Å². The van der Waals surface area contributed by atoms with Crippen LogP contribution in [-0.2, 0) is 4.57 Å². The van der Waals surface area contributed by atoms with Crippen molar-refractivity contribution in [3.05, 3.63) is 0 Å². The minimum Gasteiger partial charge on any atom is -1.00 e. The first-order chi connectivity index (χ1) is 7.21. The molecule has 0 saturated heterocycles. The summed E-state index contributed by atoms with van der Waals surface area (Å²) < 4.78 is 12.9. The molecule has 98 valence electrons. The van der Waals surface area contributed by atoms with E-state index in [-0.39, 0.29) is 43.7 Å². The molecule has 0 unspecified atom stereocenters. The summed E-state index contributed by atoms with van der Waals surface area (Å²) in [6.45, 7) is 0. The molecular formula is C12H22Cl2LiMgOP. The number of rotatable bonds is 2. The fourth-order valence-corrected chi connectivity index (χ4v) is 8.60. The Morgan fingerprint density at radius 3 is 1.28 bits per heavy atom. The van der Waals surface area contributed by atoms with Crippen LogP contribution in [0, 0.1) is 0 Å². The van der Waals surface area contributed by atoms with Crippen molar-refractivity contribution >= 4 is 26.1 Å². The molecule has 0 bridgehead atoms. The van der Waals surface area contributed by atoms with Gasteiger partial charge in [-0.3, -0.25) is 0 Å². The van der Waals surface area contributed by atoms with Gasteiger partial charge in [0.05, 0.1) is 0 Å². The van der Waals surface area contributed by atoms with E-state index in [4.69, 9.17) is 0 Å². The van der Waals surface area contributed by atoms with Crippen molar-refractivity contribution < 1.29 is 48.2 Å². The number of hydrogen-bond donors (Lipinski definition) is 0. The SMILES string of the molecule is O=[P]([Mg+])(C1CCCCC1)C1CCCCC1.[Cl-].[Cl-].[Li+]. The summed E-state index contributed by atoms with van der Waals surface area (Å²) in [5, 5.41) is 0. The predicted octanol–water partition coefficient (Wildman–Crippen LogP) is -4.89. The van der Waals surface area contributed by atoms with Gasteiger partial charge in [-0.1, -0.05) is 0 Å². The van der Waals surface area contributed by atoms with Crippen LogP contribution in [-0.4, -0.2) is 32.5 Å². The first-order valence-corrected chi connectivity index (χ1v) is 10.6. The summed E-state index contributed by atoms with van der Waals surface area (Å²) >= 11 is 1.90. The van der Waals surface area contributed by atoms with E-state index in [0.29, 0.717) is 11.3 Å². The third-order valence-electron chi connectivity index (χ3n) is 4.39. The molecule has 0 amide bonds. The van der Waals surface area contributed by atoms with E-state index in [1.165, 1.54) is 64.2 Å². The van der Waals surface area contributed by atoms with E-state index < -0.39 is 4.93 Å². The number of hydrogen-bond acceptors (Lipinski definition) is 1. The Morgan fingerprint density at radius 2 is 1.00 bits per heavy atom. The summed E-state index contributed by atoms with van der Waals surface area (Å²) in [5.41, 5.74) is 1.21. The fourth-order valence-electron chi connectivity index (χ4n) is 3.33. The molecule has 0 aliphatic heterocycles. The summed E-state index contributed by atoms with van der Waals surface area (Å²) in [4.78, 5) is -1.82. The summed E-state index contributed by atoms with van der Waals surface area (Å²) in [6.07, 6.45) is 13.1. The van der Waals surface area contributed by atoms with E-state index >= 15 is 0 Å². The van der Waals surface area contributed by atoms with Crippen LogP contribution < -0.4 is 43.7 Å². The Kier molecular flexibility index (Phi) is 13.5. The molecule has 1 nitrogen and oxygen atoms in total. The van der Waals surface area contributed by atoms with Crippen molar-refractivity contribution in [2.24, 2.45) is 0 Å². The molecule has 2 aliphatic rings. The van der Waals surface area contributed by atoms with Crippen LogP contribution >= 0.6 is 4.93 Å². The van der Waals surface area contributed by atoms with Gasteiger partial charge in [0.2, 0.25) is 0 Å². The third kappa shape index (κ3) is 5.89. The maximum Gasteiger partial charge on any atom is 1.00 e. The topological polar surface area (TPSA) is 17.1 Å². The summed E-state index contributed by atoms with van der Waals surface area (Å²) in [6, 6.07) is 0. The average molecular weight is 315 g/mol. The van der Waals surface area contributed by atoms with Crippen LogP contribution in [0.2, 0.25) is 0 Å². The van der Waals surface area contributed by atoms with Crippen molar-refractivity contribution in [1.82, 2.24) is 0 Å². The van der Waals surface area contributed by atoms with Gasteiger partial charge in [0.15, 0.2) is 0 Å². The zero-order chi connectivity index (χ0) is 10.7. The molecule has 0 spiro atoms. The van der Waals surface area contributed by atoms with Gasteiger partial charge < -0.3 is 24.8 Å². The van der Waals surface area contributed by atoms with Gasteiger partial charge in [-0.25, -0.2) is 0 Å². The fraction of sp³-hybridized carbons (Fsp3) is 1.00. The quantitative estimate of drug-likeness (QED) is 0.369. The molecule has 2 fully saturated rings. The van der Waals surface area contributed by atoms with Crippen LogP contribution in [0.1, 0.15) is 64.2 Å². The van der Waals surface area contributed by atoms with Gasteiger partial charge in [0, 0.05) is 0 Å². The Morgan fingerprint density at radius 1 is 0.722 bits per heavy atom. The molecule has 0 atom stereocenters. The summed E-state index contributed by atoms with van der Waals surface area (Å²) in [5.74, 6) is 0. The maximum atomic E-state index is 12.9. The molecule has 18 heavy (non-hydrogen) atoms. The van der Waals surface area contributed by atoms with Crippen molar-refractivity contribution in [3.8, 4) is 0 Å². The molecular weight excluding hydrogens is 293 g/mol. The zero-order valence-electron chi connectivity index (χ0n) is 11.5. The van der Waals surface area contributed by atoms with Crippen LogP contribution in [0.15, 0.2) is 0 Å². The maximum absolute atomic E-state index is 12.9. The minimum atomic E-state index is -1.82. The second-order valence-corrected chi connectivity index (χ2v) is 11.6. The second kappa shape index (κ2) is 10.8. The van der Waals surface area contributed by atoms with Crippen molar-refractivity contribution in [2.75, 3.05) is 0 Å². The Balaban J connectivity index is 0. The van der Waals surface area contributed by atoms with Crippen LogP contribution in [0.3, 0.4) is 0 Å². The minimum absolute atomic E-state index is 0. The second-order valence-electron chi connectivity index (χ2n) is 5.44. The van der Waals surface area contributed by atoms with Gasteiger partial charge in [-0.2, -0.15) is 0 Å². The molecule has 2 saturated carbocycles.